The van der Waals surface area contributed by atoms with Gasteiger partial charge in [-0.25, -0.2) is 0 Å². The van der Waals surface area contributed by atoms with Crippen molar-refractivity contribution in [3.63, 3.8) is 0 Å². The molecule has 0 atom stereocenters. The minimum absolute atomic E-state index is 0.110. The van der Waals surface area contributed by atoms with Crippen molar-refractivity contribution in [2.24, 2.45) is 5.73 Å². The van der Waals surface area contributed by atoms with E-state index in [9.17, 15) is 19.8 Å². The molecule has 2 rings (SSSR count). The molecule has 0 radical (unpaired) electrons. The van der Waals surface area contributed by atoms with E-state index in [1.807, 2.05) is 0 Å². The number of rotatable bonds is 7. The lowest BCUT2D eigenvalue weighted by molar-refractivity contribution is -0.119. The molecular weight excluding hydrogens is 308 g/mol. The van der Waals surface area contributed by atoms with Gasteiger partial charge in [-0.15, -0.1) is 0 Å². The number of anilines is 2. The fraction of sp³-hybridized carbons (Fsp3) is 0.222. The highest BCUT2D eigenvalue weighted by Gasteiger charge is 2.18. The number of phenolic OH excluding ortho intramolecular Hbond substituents is 2. The van der Waals surface area contributed by atoms with Crippen molar-refractivity contribution in [1.29, 1.82) is 0 Å². The molecule has 2 aromatic rings. The lowest BCUT2D eigenvalue weighted by Gasteiger charge is -2.23. The summed E-state index contributed by atoms with van der Waals surface area (Å²) in [6, 6.07) is 12.6. The Bertz CT molecular complexity index is 650. The molecule has 0 bridgehead atoms. The van der Waals surface area contributed by atoms with Crippen molar-refractivity contribution in [1.82, 2.24) is 0 Å². The maximum Gasteiger partial charge on any atom is 0.231 e. The molecule has 6 nitrogen and oxygen atoms in total. The molecule has 0 fully saturated rings. The second-order valence-electron chi connectivity index (χ2n) is 5.44. The monoisotopic (exact) mass is 328 g/mol. The number of nitrogens with zero attached hydrogens (tertiary/aromatic N) is 1. The predicted octanol–water partition coefficient (Wildman–Crippen LogP) is 2.81. The molecule has 0 spiro atoms. The lowest BCUT2D eigenvalue weighted by atomic mass is 10.1. The number of benzene rings is 2. The van der Waals surface area contributed by atoms with Crippen molar-refractivity contribution in [2.75, 3.05) is 4.90 Å². The van der Waals surface area contributed by atoms with Gasteiger partial charge in [-0.1, -0.05) is 0 Å². The van der Waals surface area contributed by atoms with Crippen LogP contribution in [0.4, 0.5) is 11.4 Å². The first kappa shape index (κ1) is 17.3. The summed E-state index contributed by atoms with van der Waals surface area (Å²) in [6.07, 6.45) is 1.62. The molecule has 0 aliphatic rings. The summed E-state index contributed by atoms with van der Waals surface area (Å²) in [4.78, 5) is 24.9. The Morgan fingerprint density at radius 1 is 0.792 bits per heavy atom. The van der Waals surface area contributed by atoms with Gasteiger partial charge < -0.3 is 15.9 Å². The van der Waals surface area contributed by atoms with Gasteiger partial charge in [0.15, 0.2) is 0 Å². The molecule has 6 heteroatoms. The maximum atomic E-state index is 12.6. The van der Waals surface area contributed by atoms with Crippen LogP contribution in [0.1, 0.15) is 25.7 Å². The van der Waals surface area contributed by atoms with E-state index in [0.29, 0.717) is 24.2 Å². The predicted molar refractivity (Wildman–Crippen MR) is 91.0 cm³/mol. The molecule has 0 heterocycles. The van der Waals surface area contributed by atoms with Crippen LogP contribution in [0.2, 0.25) is 0 Å². The lowest BCUT2D eigenvalue weighted by Crippen LogP contribution is -2.25. The smallest absolute Gasteiger partial charge is 0.231 e. The fourth-order valence-corrected chi connectivity index (χ4v) is 2.33. The molecule has 0 saturated heterocycles. The molecule has 24 heavy (non-hydrogen) atoms. The average molecular weight is 328 g/mol. The van der Waals surface area contributed by atoms with Crippen LogP contribution in [0, 0.1) is 0 Å². The van der Waals surface area contributed by atoms with Gasteiger partial charge in [-0.05, 0) is 61.4 Å². The van der Waals surface area contributed by atoms with E-state index in [1.54, 1.807) is 24.3 Å². The van der Waals surface area contributed by atoms with Gasteiger partial charge in [-0.3, -0.25) is 14.5 Å². The van der Waals surface area contributed by atoms with Gasteiger partial charge in [0.2, 0.25) is 11.8 Å². The Morgan fingerprint density at radius 3 is 1.62 bits per heavy atom. The normalized spacial score (nSPS) is 10.3. The molecule has 2 amide bonds. The average Bonchev–Trinajstić information content (AvgIpc) is 2.55. The number of primary amides is 1. The summed E-state index contributed by atoms with van der Waals surface area (Å²) in [7, 11) is 0. The molecule has 126 valence electrons. The van der Waals surface area contributed by atoms with Crippen molar-refractivity contribution in [3.05, 3.63) is 48.5 Å². The Labute approximate surface area is 140 Å². The van der Waals surface area contributed by atoms with E-state index in [-0.39, 0.29) is 36.2 Å². The zero-order chi connectivity index (χ0) is 17.5. The molecule has 4 N–H and O–H groups in total. The molecule has 0 saturated carbocycles. The Kier molecular flexibility index (Phi) is 5.78. The quantitative estimate of drug-likeness (QED) is 0.680. The van der Waals surface area contributed by atoms with Gasteiger partial charge >= 0.3 is 0 Å². The van der Waals surface area contributed by atoms with Crippen LogP contribution in [0.15, 0.2) is 48.5 Å². The van der Waals surface area contributed by atoms with Crippen LogP contribution in [0.3, 0.4) is 0 Å². The summed E-state index contributed by atoms with van der Waals surface area (Å²) < 4.78 is 0. The van der Waals surface area contributed by atoms with E-state index in [1.165, 1.54) is 29.2 Å². The molecule has 2 aromatic carbocycles. The molecule has 0 unspecified atom stereocenters. The Hall–Kier alpha value is -3.02. The molecule has 0 aliphatic heterocycles. The third-order valence-corrected chi connectivity index (χ3v) is 3.53. The van der Waals surface area contributed by atoms with Crippen LogP contribution in [-0.4, -0.2) is 22.0 Å². The number of hydrogen-bond donors (Lipinski definition) is 3. The Morgan fingerprint density at radius 2 is 1.21 bits per heavy atom. The number of amides is 2. The summed E-state index contributed by atoms with van der Waals surface area (Å²) in [5.74, 6) is -0.302. The standard InChI is InChI=1S/C18H20N2O4/c19-17(23)3-1-2-4-18(24)20(13-5-9-15(21)10-6-13)14-7-11-16(22)12-8-14/h5-12,21-22H,1-4H2,(H2,19,23). The summed E-state index contributed by atoms with van der Waals surface area (Å²) in [5.41, 5.74) is 6.32. The number of phenols is 2. The van der Waals surface area contributed by atoms with Gasteiger partial charge in [0.1, 0.15) is 11.5 Å². The van der Waals surface area contributed by atoms with Gasteiger partial charge in [0, 0.05) is 24.2 Å². The van der Waals surface area contributed by atoms with Gasteiger partial charge in [-0.2, -0.15) is 0 Å². The highest BCUT2D eigenvalue weighted by molar-refractivity contribution is 6.00. The van der Waals surface area contributed by atoms with Crippen LogP contribution < -0.4 is 10.6 Å². The number of carbonyl (C=O) groups is 2. The van der Waals surface area contributed by atoms with E-state index in [4.69, 9.17) is 5.73 Å². The highest BCUT2D eigenvalue weighted by atomic mass is 16.3. The summed E-state index contributed by atoms with van der Waals surface area (Å²) in [5, 5.41) is 18.9. The summed E-state index contributed by atoms with van der Waals surface area (Å²) >= 11 is 0. The van der Waals surface area contributed by atoms with Gasteiger partial charge in [0.05, 0.1) is 0 Å². The van der Waals surface area contributed by atoms with E-state index in [2.05, 4.69) is 0 Å². The van der Waals surface area contributed by atoms with Crippen LogP contribution >= 0.6 is 0 Å². The zero-order valence-electron chi connectivity index (χ0n) is 13.2. The zero-order valence-corrected chi connectivity index (χ0v) is 13.2. The first-order chi connectivity index (χ1) is 11.5. The second kappa shape index (κ2) is 8.01. The first-order valence-electron chi connectivity index (χ1n) is 7.66. The van der Waals surface area contributed by atoms with Crippen LogP contribution in [0.5, 0.6) is 11.5 Å². The first-order valence-corrected chi connectivity index (χ1v) is 7.66. The molecular formula is C18H20N2O4. The van der Waals surface area contributed by atoms with Crippen LogP contribution in [-0.2, 0) is 9.59 Å². The van der Waals surface area contributed by atoms with E-state index < -0.39 is 0 Å². The number of aromatic hydroxyl groups is 2. The minimum atomic E-state index is -0.378. The van der Waals surface area contributed by atoms with Crippen molar-refractivity contribution in [2.45, 2.75) is 25.7 Å². The van der Waals surface area contributed by atoms with Crippen molar-refractivity contribution < 1.29 is 19.8 Å². The van der Waals surface area contributed by atoms with Gasteiger partial charge in [0.25, 0.3) is 0 Å². The van der Waals surface area contributed by atoms with Crippen molar-refractivity contribution in [3.8, 4) is 11.5 Å². The minimum Gasteiger partial charge on any atom is -0.508 e. The summed E-state index contributed by atoms with van der Waals surface area (Å²) in [6.45, 7) is 0. The van der Waals surface area contributed by atoms with E-state index in [0.717, 1.165) is 0 Å². The van der Waals surface area contributed by atoms with Crippen LogP contribution in [0.25, 0.3) is 0 Å². The van der Waals surface area contributed by atoms with Crippen molar-refractivity contribution >= 4 is 23.2 Å². The highest BCUT2D eigenvalue weighted by Crippen LogP contribution is 2.29. The SMILES string of the molecule is NC(=O)CCCCC(=O)N(c1ccc(O)cc1)c1ccc(O)cc1. The number of carbonyl (C=O) groups excluding carboxylic acids is 2. The molecule has 0 aromatic heterocycles. The largest absolute Gasteiger partial charge is 0.508 e. The number of nitrogens with two attached hydrogens (primary N) is 1. The topological polar surface area (TPSA) is 104 Å². The Balaban J connectivity index is 2.19. The second-order valence-corrected chi connectivity index (χ2v) is 5.44. The molecule has 0 aliphatic carbocycles. The number of unbranched alkanes of at least 4 members (excludes halogenated alkanes) is 1. The number of hydrogen-bond acceptors (Lipinski definition) is 4. The fourth-order valence-electron chi connectivity index (χ4n) is 2.33. The maximum absolute atomic E-state index is 12.6. The van der Waals surface area contributed by atoms with E-state index >= 15 is 0 Å². The third kappa shape index (κ3) is 4.74. The third-order valence-electron chi connectivity index (χ3n) is 3.53.